The summed E-state index contributed by atoms with van der Waals surface area (Å²) in [5.41, 5.74) is -1.44. The summed E-state index contributed by atoms with van der Waals surface area (Å²) in [7, 11) is -2.45. The Hall–Kier alpha value is -2.63. The number of nitrogens with one attached hydrogen (secondary N) is 1. The number of rotatable bonds is 5. The average molecular weight is 497 g/mol. The van der Waals surface area contributed by atoms with E-state index in [2.05, 4.69) is 9.71 Å². The van der Waals surface area contributed by atoms with Crippen LogP contribution in [0, 0.1) is 5.21 Å². The molecule has 32 heavy (non-hydrogen) atoms. The van der Waals surface area contributed by atoms with Gasteiger partial charge >= 0.3 is 0 Å². The number of furan rings is 1. The quantitative estimate of drug-likeness (QED) is 0.534. The first-order valence-electron chi connectivity index (χ1n) is 9.14. The average Bonchev–Trinajstić information content (AvgIpc) is 3.09. The second kappa shape index (κ2) is 8.05. The Labute approximate surface area is 192 Å². The SMILES string of the molecule is COc1cccc2c3c(oc12)=CCC(NS(C)(=O)=O)(C(=O)N([O-])c1c(Cl)cncc1Cl)C=3. The van der Waals surface area contributed by atoms with Crippen LogP contribution in [0.15, 0.2) is 35.0 Å². The molecule has 1 amide bonds. The number of carbonyl (C=O) groups is 1. The first-order valence-corrected chi connectivity index (χ1v) is 11.8. The third kappa shape index (κ3) is 3.84. The molecule has 0 radical (unpaired) electrons. The summed E-state index contributed by atoms with van der Waals surface area (Å²) >= 11 is 12.1. The molecule has 0 spiro atoms. The van der Waals surface area contributed by atoms with Crippen LogP contribution in [0.2, 0.25) is 10.0 Å². The number of benzene rings is 1. The first-order chi connectivity index (χ1) is 15.1. The van der Waals surface area contributed by atoms with Gasteiger partial charge in [-0.1, -0.05) is 35.3 Å². The Bertz CT molecular complexity index is 1450. The lowest BCUT2D eigenvalue weighted by atomic mass is 9.90. The zero-order valence-electron chi connectivity index (χ0n) is 16.8. The van der Waals surface area contributed by atoms with Crippen molar-refractivity contribution in [2.45, 2.75) is 12.0 Å². The molecular formula is C20H16Cl2N3O6S-. The van der Waals surface area contributed by atoms with E-state index < -0.39 is 21.5 Å². The number of ether oxygens (including phenoxy) is 1. The molecule has 1 aliphatic rings. The lowest BCUT2D eigenvalue weighted by Crippen LogP contribution is -2.59. The van der Waals surface area contributed by atoms with Crippen LogP contribution in [0.3, 0.4) is 0 Å². The fraction of sp³-hybridized carbons (Fsp3) is 0.200. The molecule has 0 fully saturated rings. The fourth-order valence-electron chi connectivity index (χ4n) is 3.63. The predicted octanol–water partition coefficient (Wildman–Crippen LogP) is 1.93. The van der Waals surface area contributed by atoms with Crippen molar-refractivity contribution in [1.29, 1.82) is 0 Å². The predicted molar refractivity (Wildman–Crippen MR) is 121 cm³/mol. The molecule has 12 heteroatoms. The minimum Gasteiger partial charge on any atom is -0.752 e. The van der Waals surface area contributed by atoms with Crippen LogP contribution in [0.1, 0.15) is 6.42 Å². The number of aromatic nitrogens is 1. The molecule has 2 heterocycles. The number of hydrogen-bond donors (Lipinski definition) is 1. The van der Waals surface area contributed by atoms with Gasteiger partial charge in [0, 0.05) is 29.4 Å². The second-order valence-electron chi connectivity index (χ2n) is 7.17. The molecule has 1 N–H and O–H groups in total. The third-order valence-electron chi connectivity index (χ3n) is 4.93. The highest BCUT2D eigenvalue weighted by atomic mass is 35.5. The van der Waals surface area contributed by atoms with Gasteiger partial charge in [0.15, 0.2) is 11.3 Å². The maximum absolute atomic E-state index is 13.4. The highest BCUT2D eigenvalue weighted by Gasteiger charge is 2.41. The summed E-state index contributed by atoms with van der Waals surface area (Å²) in [6, 6.07) is 5.16. The van der Waals surface area contributed by atoms with Crippen molar-refractivity contribution in [1.82, 2.24) is 9.71 Å². The van der Waals surface area contributed by atoms with Crippen LogP contribution in [-0.4, -0.2) is 38.2 Å². The molecule has 0 saturated heterocycles. The van der Waals surface area contributed by atoms with Crippen molar-refractivity contribution >= 4 is 67.9 Å². The number of carbonyl (C=O) groups excluding carboxylic acids is 1. The van der Waals surface area contributed by atoms with Crippen LogP contribution in [0.5, 0.6) is 5.75 Å². The van der Waals surface area contributed by atoms with Crippen molar-refractivity contribution in [2.24, 2.45) is 0 Å². The first kappa shape index (κ1) is 22.6. The smallest absolute Gasteiger partial charge is 0.242 e. The number of para-hydroxylation sites is 1. The van der Waals surface area contributed by atoms with E-state index in [4.69, 9.17) is 32.4 Å². The lowest BCUT2D eigenvalue weighted by Gasteiger charge is -2.39. The van der Waals surface area contributed by atoms with Crippen LogP contribution in [-0.2, 0) is 14.8 Å². The summed E-state index contributed by atoms with van der Waals surface area (Å²) in [4.78, 5) is 17.2. The molecule has 0 aliphatic heterocycles. The van der Waals surface area contributed by atoms with E-state index in [9.17, 15) is 18.4 Å². The van der Waals surface area contributed by atoms with E-state index in [0.29, 0.717) is 27.4 Å². The topological polar surface area (TPSA) is 125 Å². The number of nitrogens with zero attached hydrogens (tertiary/aromatic N) is 2. The van der Waals surface area contributed by atoms with E-state index in [-0.39, 0.29) is 27.2 Å². The number of pyridine rings is 1. The standard InChI is InChI=1S/C20H16Cl2N3O6S/c1-30-16-5-3-4-11-12-8-20(24-32(2,28)29,7-6-15(12)31-18(11)16)19(26)25(27)17-13(21)9-23-10-14(17)22/h3-6,8-10,24H,7H2,1-2H3/q-1. The van der Waals surface area contributed by atoms with Crippen molar-refractivity contribution in [3.05, 3.63) is 56.5 Å². The van der Waals surface area contributed by atoms with Gasteiger partial charge < -0.3 is 19.4 Å². The Morgan fingerprint density at radius 1 is 1.31 bits per heavy atom. The normalized spacial score (nSPS) is 17.9. The molecule has 1 aromatic carbocycles. The molecule has 1 aliphatic carbocycles. The number of hydroxylamine groups is 1. The van der Waals surface area contributed by atoms with Gasteiger partial charge in [0.2, 0.25) is 15.9 Å². The van der Waals surface area contributed by atoms with Gasteiger partial charge in [0.1, 0.15) is 11.0 Å². The van der Waals surface area contributed by atoms with Gasteiger partial charge in [-0.3, -0.25) is 9.78 Å². The Morgan fingerprint density at radius 3 is 2.62 bits per heavy atom. The van der Waals surface area contributed by atoms with Gasteiger partial charge in [-0.05, 0) is 18.2 Å². The monoisotopic (exact) mass is 496 g/mol. The molecular weight excluding hydrogens is 481 g/mol. The Kier molecular flexibility index (Phi) is 5.68. The van der Waals surface area contributed by atoms with Crippen molar-refractivity contribution in [3.63, 3.8) is 0 Å². The maximum Gasteiger partial charge on any atom is 0.242 e. The molecule has 9 nitrogen and oxygen atoms in total. The molecule has 0 bridgehead atoms. The minimum atomic E-state index is -3.94. The number of methoxy groups -OCH3 is 1. The Morgan fingerprint density at radius 2 is 2.00 bits per heavy atom. The number of fused-ring (bicyclic) bond motifs is 3. The van der Waals surface area contributed by atoms with Crippen molar-refractivity contribution in [3.8, 4) is 5.75 Å². The van der Waals surface area contributed by atoms with Crippen LogP contribution in [0.25, 0.3) is 23.1 Å². The number of halogens is 2. The summed E-state index contributed by atoms with van der Waals surface area (Å²) < 4.78 is 37.9. The van der Waals surface area contributed by atoms with Gasteiger partial charge in [0.05, 0.1) is 29.1 Å². The Balaban J connectivity index is 1.94. The number of sulfonamides is 1. The van der Waals surface area contributed by atoms with Crippen LogP contribution in [0.4, 0.5) is 5.69 Å². The molecule has 1 atom stereocenters. The van der Waals surface area contributed by atoms with E-state index in [1.54, 1.807) is 18.2 Å². The van der Waals surface area contributed by atoms with E-state index in [1.807, 2.05) is 0 Å². The van der Waals surface area contributed by atoms with Crippen LogP contribution < -0.4 is 25.2 Å². The van der Waals surface area contributed by atoms with Gasteiger partial charge in [-0.15, -0.1) is 0 Å². The highest BCUT2D eigenvalue weighted by Crippen LogP contribution is 2.35. The minimum absolute atomic E-state index is 0.0251. The molecule has 4 rings (SSSR count). The van der Waals surface area contributed by atoms with E-state index in [1.165, 1.54) is 19.3 Å². The molecule has 168 valence electrons. The number of anilines is 1. The largest absolute Gasteiger partial charge is 0.752 e. The molecule has 3 aromatic rings. The number of hydrogen-bond acceptors (Lipinski definition) is 7. The van der Waals surface area contributed by atoms with Crippen molar-refractivity contribution < 1.29 is 22.4 Å². The maximum atomic E-state index is 13.4. The summed E-state index contributed by atoms with van der Waals surface area (Å²) in [5, 5.41) is 13.7. The van der Waals surface area contributed by atoms with Crippen LogP contribution >= 0.6 is 23.2 Å². The molecule has 2 aromatic heterocycles. The fourth-order valence-corrected chi connectivity index (χ4v) is 5.04. The summed E-state index contributed by atoms with van der Waals surface area (Å²) in [6.45, 7) is 0. The highest BCUT2D eigenvalue weighted by molar-refractivity contribution is 7.88. The summed E-state index contributed by atoms with van der Waals surface area (Å²) in [6.07, 6.45) is 5.92. The lowest BCUT2D eigenvalue weighted by molar-refractivity contribution is -0.121. The van der Waals surface area contributed by atoms with E-state index >= 15 is 0 Å². The van der Waals surface area contributed by atoms with Crippen molar-refractivity contribution in [2.75, 3.05) is 18.4 Å². The van der Waals surface area contributed by atoms with Gasteiger partial charge in [-0.2, -0.15) is 4.72 Å². The van der Waals surface area contributed by atoms with Gasteiger partial charge in [0.25, 0.3) is 0 Å². The van der Waals surface area contributed by atoms with E-state index in [0.717, 1.165) is 18.6 Å². The second-order valence-corrected chi connectivity index (χ2v) is 9.73. The number of amides is 1. The zero-order valence-corrected chi connectivity index (χ0v) is 19.1. The molecule has 1 unspecified atom stereocenters. The third-order valence-corrected chi connectivity index (χ3v) is 6.22. The zero-order chi connectivity index (χ0) is 23.3. The summed E-state index contributed by atoms with van der Waals surface area (Å²) in [5.74, 6) is -0.662. The van der Waals surface area contributed by atoms with Gasteiger partial charge in [-0.25, -0.2) is 8.42 Å². The molecule has 0 saturated carbocycles.